The monoisotopic (exact) mass is 293 g/mol. The fourth-order valence-electron chi connectivity index (χ4n) is 1.79. The van der Waals surface area contributed by atoms with Gasteiger partial charge in [-0.2, -0.15) is 0 Å². The quantitative estimate of drug-likeness (QED) is 0.658. The normalized spacial score (nSPS) is 10.5. The summed E-state index contributed by atoms with van der Waals surface area (Å²) in [5.74, 6) is -0.117. The van der Waals surface area contributed by atoms with Crippen molar-refractivity contribution in [2.75, 3.05) is 5.73 Å². The second-order valence-corrected chi connectivity index (χ2v) is 5.27. The zero-order valence-corrected chi connectivity index (χ0v) is 12.1. The van der Waals surface area contributed by atoms with Crippen molar-refractivity contribution < 1.29 is 4.79 Å². The highest BCUT2D eigenvalue weighted by Crippen LogP contribution is 2.30. The Kier molecular flexibility index (Phi) is 3.83. The standard InChI is InChI=1S/C15H13Cl2NO/c1-8-3-4-10(5-9(8)2)15(19)11-6-12(16)14(17)13(18)7-11/h3-7H,18H2,1-2H3. The van der Waals surface area contributed by atoms with Gasteiger partial charge in [-0.05, 0) is 43.2 Å². The number of hydrogen-bond acceptors (Lipinski definition) is 2. The first-order valence-corrected chi connectivity index (χ1v) is 6.52. The van der Waals surface area contributed by atoms with Crippen LogP contribution in [0.5, 0.6) is 0 Å². The third kappa shape index (κ3) is 2.75. The Morgan fingerprint density at radius 1 is 1.00 bits per heavy atom. The largest absolute Gasteiger partial charge is 0.397 e. The molecular formula is C15H13Cl2NO. The molecule has 2 aromatic rings. The molecule has 4 heteroatoms. The molecule has 0 aromatic heterocycles. The molecule has 0 radical (unpaired) electrons. The Bertz CT molecular complexity index is 642. The van der Waals surface area contributed by atoms with Crippen LogP contribution in [0.1, 0.15) is 27.0 Å². The lowest BCUT2D eigenvalue weighted by Crippen LogP contribution is -2.03. The van der Waals surface area contributed by atoms with E-state index >= 15 is 0 Å². The number of rotatable bonds is 2. The van der Waals surface area contributed by atoms with Crippen LogP contribution >= 0.6 is 23.2 Å². The van der Waals surface area contributed by atoms with E-state index in [1.54, 1.807) is 12.1 Å². The smallest absolute Gasteiger partial charge is 0.193 e. The van der Waals surface area contributed by atoms with Crippen LogP contribution in [0.2, 0.25) is 10.0 Å². The molecule has 0 atom stereocenters. The molecule has 19 heavy (non-hydrogen) atoms. The molecule has 0 aliphatic heterocycles. The molecule has 98 valence electrons. The van der Waals surface area contributed by atoms with Gasteiger partial charge in [0.05, 0.1) is 15.7 Å². The fourth-order valence-corrected chi connectivity index (χ4v) is 2.13. The zero-order chi connectivity index (χ0) is 14.2. The number of carbonyl (C=O) groups excluding carboxylic acids is 1. The molecule has 2 aromatic carbocycles. The van der Waals surface area contributed by atoms with E-state index in [0.29, 0.717) is 16.8 Å². The van der Waals surface area contributed by atoms with Gasteiger partial charge in [-0.1, -0.05) is 35.3 Å². The van der Waals surface area contributed by atoms with E-state index in [1.807, 2.05) is 26.0 Å². The van der Waals surface area contributed by atoms with Gasteiger partial charge in [0, 0.05) is 11.1 Å². The average Bonchev–Trinajstić information content (AvgIpc) is 2.37. The third-order valence-electron chi connectivity index (χ3n) is 3.09. The van der Waals surface area contributed by atoms with Crippen molar-refractivity contribution in [3.8, 4) is 0 Å². The van der Waals surface area contributed by atoms with Crippen LogP contribution in [0.3, 0.4) is 0 Å². The van der Waals surface area contributed by atoms with Gasteiger partial charge in [0.2, 0.25) is 0 Å². The van der Waals surface area contributed by atoms with Gasteiger partial charge in [0.25, 0.3) is 0 Å². The highest BCUT2D eigenvalue weighted by molar-refractivity contribution is 6.44. The van der Waals surface area contributed by atoms with Gasteiger partial charge in [0.15, 0.2) is 5.78 Å². The molecule has 0 unspecified atom stereocenters. The number of ketones is 1. The molecule has 0 saturated heterocycles. The van der Waals surface area contributed by atoms with Crippen molar-refractivity contribution in [2.24, 2.45) is 0 Å². The minimum absolute atomic E-state index is 0.117. The number of benzene rings is 2. The number of halogens is 2. The van der Waals surface area contributed by atoms with Crippen LogP contribution in [0.15, 0.2) is 30.3 Å². The maximum atomic E-state index is 12.4. The van der Waals surface area contributed by atoms with Crippen molar-refractivity contribution in [2.45, 2.75) is 13.8 Å². The first-order valence-electron chi connectivity index (χ1n) is 5.76. The number of aryl methyl sites for hydroxylation is 2. The van der Waals surface area contributed by atoms with E-state index < -0.39 is 0 Å². The molecule has 0 aliphatic rings. The molecule has 0 fully saturated rings. The van der Waals surface area contributed by atoms with Crippen molar-refractivity contribution >= 4 is 34.7 Å². The van der Waals surface area contributed by atoms with Crippen LogP contribution in [0.25, 0.3) is 0 Å². The summed E-state index contributed by atoms with van der Waals surface area (Å²) in [4.78, 5) is 12.4. The van der Waals surface area contributed by atoms with Crippen LogP contribution in [0, 0.1) is 13.8 Å². The molecule has 2 N–H and O–H groups in total. The highest BCUT2D eigenvalue weighted by Gasteiger charge is 2.13. The predicted octanol–water partition coefficient (Wildman–Crippen LogP) is 4.42. The van der Waals surface area contributed by atoms with E-state index in [4.69, 9.17) is 28.9 Å². The number of carbonyl (C=O) groups is 1. The Hall–Kier alpha value is -1.51. The van der Waals surface area contributed by atoms with E-state index in [2.05, 4.69) is 0 Å². The van der Waals surface area contributed by atoms with Crippen LogP contribution in [0.4, 0.5) is 5.69 Å². The lowest BCUT2D eigenvalue weighted by Gasteiger charge is -2.07. The van der Waals surface area contributed by atoms with Gasteiger partial charge in [0.1, 0.15) is 0 Å². The molecule has 0 aliphatic carbocycles. The van der Waals surface area contributed by atoms with Gasteiger partial charge in [-0.15, -0.1) is 0 Å². The van der Waals surface area contributed by atoms with Gasteiger partial charge in [-0.25, -0.2) is 0 Å². The minimum Gasteiger partial charge on any atom is -0.397 e. The molecule has 2 rings (SSSR count). The van der Waals surface area contributed by atoms with Crippen LogP contribution < -0.4 is 5.73 Å². The molecular weight excluding hydrogens is 281 g/mol. The molecule has 0 heterocycles. The highest BCUT2D eigenvalue weighted by atomic mass is 35.5. The molecule has 0 amide bonds. The summed E-state index contributed by atoms with van der Waals surface area (Å²) >= 11 is 11.8. The van der Waals surface area contributed by atoms with E-state index in [-0.39, 0.29) is 15.8 Å². The fraction of sp³-hybridized carbons (Fsp3) is 0.133. The Morgan fingerprint density at radius 2 is 1.68 bits per heavy atom. The van der Waals surface area contributed by atoms with Crippen molar-refractivity contribution in [1.29, 1.82) is 0 Å². The third-order valence-corrected chi connectivity index (χ3v) is 3.90. The first kappa shape index (κ1) is 13.9. The molecule has 0 bridgehead atoms. The van der Waals surface area contributed by atoms with Gasteiger partial charge in [-0.3, -0.25) is 4.79 Å². The number of nitrogens with two attached hydrogens (primary N) is 1. The van der Waals surface area contributed by atoms with Crippen molar-refractivity contribution in [3.63, 3.8) is 0 Å². The number of anilines is 1. The zero-order valence-electron chi connectivity index (χ0n) is 10.6. The van der Waals surface area contributed by atoms with E-state index in [1.165, 1.54) is 6.07 Å². The predicted molar refractivity (Wildman–Crippen MR) is 80.2 cm³/mol. The van der Waals surface area contributed by atoms with Crippen molar-refractivity contribution in [1.82, 2.24) is 0 Å². The van der Waals surface area contributed by atoms with E-state index in [0.717, 1.165) is 11.1 Å². The van der Waals surface area contributed by atoms with Crippen LogP contribution in [-0.2, 0) is 0 Å². The SMILES string of the molecule is Cc1ccc(C(=O)c2cc(N)c(Cl)c(Cl)c2)cc1C. The summed E-state index contributed by atoms with van der Waals surface area (Å²) in [5.41, 5.74) is 9.29. The Balaban J connectivity index is 2.47. The number of hydrogen-bond donors (Lipinski definition) is 1. The summed E-state index contributed by atoms with van der Waals surface area (Å²) < 4.78 is 0. The van der Waals surface area contributed by atoms with Crippen molar-refractivity contribution in [3.05, 3.63) is 62.6 Å². The molecule has 2 nitrogen and oxygen atoms in total. The lowest BCUT2D eigenvalue weighted by atomic mass is 9.99. The lowest BCUT2D eigenvalue weighted by molar-refractivity contribution is 0.103. The van der Waals surface area contributed by atoms with Gasteiger partial charge >= 0.3 is 0 Å². The molecule has 0 spiro atoms. The van der Waals surface area contributed by atoms with E-state index in [9.17, 15) is 4.79 Å². The first-order chi connectivity index (χ1) is 8.90. The maximum absolute atomic E-state index is 12.4. The summed E-state index contributed by atoms with van der Waals surface area (Å²) in [6.45, 7) is 3.97. The maximum Gasteiger partial charge on any atom is 0.193 e. The summed E-state index contributed by atoms with van der Waals surface area (Å²) in [6, 6.07) is 8.66. The minimum atomic E-state index is -0.117. The Morgan fingerprint density at radius 3 is 2.26 bits per heavy atom. The van der Waals surface area contributed by atoms with Gasteiger partial charge < -0.3 is 5.73 Å². The second-order valence-electron chi connectivity index (χ2n) is 4.49. The molecule has 0 saturated carbocycles. The second kappa shape index (κ2) is 5.24. The number of nitrogen functional groups attached to an aromatic ring is 1. The topological polar surface area (TPSA) is 43.1 Å². The van der Waals surface area contributed by atoms with Crippen LogP contribution in [-0.4, -0.2) is 5.78 Å². The summed E-state index contributed by atoms with van der Waals surface area (Å²) in [6.07, 6.45) is 0. The Labute approximate surface area is 122 Å². The average molecular weight is 294 g/mol. The summed E-state index contributed by atoms with van der Waals surface area (Å²) in [7, 11) is 0. The summed E-state index contributed by atoms with van der Waals surface area (Å²) in [5, 5.41) is 0.562.